The van der Waals surface area contributed by atoms with Crippen LogP contribution in [0.15, 0.2) is 72.0 Å². The van der Waals surface area contributed by atoms with Gasteiger partial charge in [-0.3, -0.25) is 0 Å². The van der Waals surface area contributed by atoms with Gasteiger partial charge in [0, 0.05) is 9.86 Å². The number of fused-ring (bicyclic) bond motifs is 1. The van der Waals surface area contributed by atoms with Gasteiger partial charge in [-0.2, -0.15) is 0 Å². The quantitative estimate of drug-likeness (QED) is 0.613. The third-order valence-electron chi connectivity index (χ3n) is 3.41. The zero-order chi connectivity index (χ0) is 17.3. The van der Waals surface area contributed by atoms with Gasteiger partial charge in [0.15, 0.2) is 16.2 Å². The number of halogens is 1. The summed E-state index contributed by atoms with van der Waals surface area (Å²) in [7, 11) is -3.97. The maximum atomic E-state index is 12.7. The van der Waals surface area contributed by atoms with Crippen molar-refractivity contribution in [3.05, 3.63) is 63.4 Å². The summed E-state index contributed by atoms with van der Waals surface area (Å²) in [6.45, 7) is 2.21. The molecule has 0 spiro atoms. The van der Waals surface area contributed by atoms with E-state index in [2.05, 4.69) is 15.9 Å². The summed E-state index contributed by atoms with van der Waals surface area (Å²) < 4.78 is 36.8. The van der Waals surface area contributed by atoms with Gasteiger partial charge in [0.2, 0.25) is 9.84 Å². The van der Waals surface area contributed by atoms with Crippen LogP contribution < -0.4 is 10.4 Å². The van der Waals surface area contributed by atoms with Crippen molar-refractivity contribution in [3.8, 4) is 5.75 Å². The van der Waals surface area contributed by atoms with Crippen LogP contribution in [0.25, 0.3) is 11.0 Å². The summed E-state index contributed by atoms with van der Waals surface area (Å²) >= 11 is 3.25. The Hall–Kier alpha value is -2.12. The van der Waals surface area contributed by atoms with Crippen LogP contribution in [-0.4, -0.2) is 15.0 Å². The van der Waals surface area contributed by atoms with E-state index in [0.717, 1.165) is 4.47 Å². The van der Waals surface area contributed by atoms with Crippen molar-refractivity contribution in [2.45, 2.75) is 16.7 Å². The molecule has 0 radical (unpaired) electrons. The average molecular weight is 409 g/mol. The first-order valence-electron chi connectivity index (χ1n) is 7.14. The van der Waals surface area contributed by atoms with Crippen molar-refractivity contribution in [1.29, 1.82) is 0 Å². The Balaban J connectivity index is 2.22. The number of hydrogen-bond acceptors (Lipinski definition) is 5. The lowest BCUT2D eigenvalue weighted by Crippen LogP contribution is -2.14. The molecule has 1 aromatic heterocycles. The van der Waals surface area contributed by atoms with Gasteiger partial charge in [0.05, 0.1) is 11.5 Å². The van der Waals surface area contributed by atoms with Gasteiger partial charge < -0.3 is 9.15 Å². The molecular weight excluding hydrogens is 396 g/mol. The number of hydrogen-bond donors (Lipinski definition) is 0. The van der Waals surface area contributed by atoms with Gasteiger partial charge in [-0.05, 0) is 43.3 Å². The molecule has 7 heteroatoms. The van der Waals surface area contributed by atoms with Gasteiger partial charge in [-0.25, -0.2) is 13.2 Å². The van der Waals surface area contributed by atoms with Crippen molar-refractivity contribution in [1.82, 2.24) is 0 Å². The van der Waals surface area contributed by atoms with Gasteiger partial charge >= 0.3 is 5.63 Å². The molecule has 3 rings (SSSR count). The van der Waals surface area contributed by atoms with Gasteiger partial charge in [-0.15, -0.1) is 0 Å². The molecule has 0 amide bonds. The minimum atomic E-state index is -3.97. The summed E-state index contributed by atoms with van der Waals surface area (Å²) in [6.07, 6.45) is 0. The lowest BCUT2D eigenvalue weighted by Gasteiger charge is -2.08. The van der Waals surface area contributed by atoms with Gasteiger partial charge in [0.25, 0.3) is 0 Å². The molecule has 1 heterocycles. The fraction of sp³-hybridized carbons (Fsp3) is 0.118. The summed E-state index contributed by atoms with van der Waals surface area (Å²) in [5.41, 5.74) is -0.684. The monoisotopic (exact) mass is 408 g/mol. The SMILES string of the molecule is CCOc1cccc2cc(S(=O)(=O)c3ccc(Br)cc3)c(=O)oc12. The lowest BCUT2D eigenvalue weighted by atomic mass is 10.2. The molecule has 0 N–H and O–H groups in total. The number of ether oxygens (including phenoxy) is 1. The largest absolute Gasteiger partial charge is 0.490 e. The first-order valence-corrected chi connectivity index (χ1v) is 9.41. The molecule has 5 nitrogen and oxygen atoms in total. The zero-order valence-electron chi connectivity index (χ0n) is 12.7. The minimum Gasteiger partial charge on any atom is -0.490 e. The van der Waals surface area contributed by atoms with Crippen LogP contribution in [0.3, 0.4) is 0 Å². The highest BCUT2D eigenvalue weighted by atomic mass is 79.9. The lowest BCUT2D eigenvalue weighted by molar-refractivity contribution is 0.336. The van der Waals surface area contributed by atoms with E-state index in [4.69, 9.17) is 9.15 Å². The van der Waals surface area contributed by atoms with Crippen molar-refractivity contribution in [2.24, 2.45) is 0 Å². The molecule has 3 aromatic rings. The van der Waals surface area contributed by atoms with E-state index in [9.17, 15) is 13.2 Å². The molecule has 0 aliphatic heterocycles. The first kappa shape index (κ1) is 16.7. The second-order valence-electron chi connectivity index (χ2n) is 4.96. The smallest absolute Gasteiger partial charge is 0.355 e. The molecule has 0 bridgehead atoms. The third-order valence-corrected chi connectivity index (χ3v) is 5.69. The van der Waals surface area contributed by atoms with E-state index >= 15 is 0 Å². The Morgan fingerprint density at radius 1 is 1.12 bits per heavy atom. The van der Waals surface area contributed by atoms with Crippen LogP contribution in [0, 0.1) is 0 Å². The fourth-order valence-corrected chi connectivity index (χ4v) is 3.85. The Morgan fingerprint density at radius 2 is 1.83 bits per heavy atom. The Kier molecular flexibility index (Phi) is 4.47. The normalized spacial score (nSPS) is 11.6. The Bertz CT molecular complexity index is 1050. The zero-order valence-corrected chi connectivity index (χ0v) is 15.1. The molecular formula is C17H13BrO5S. The summed E-state index contributed by atoms with van der Waals surface area (Å²) in [4.78, 5) is 11.9. The molecule has 0 saturated heterocycles. The minimum absolute atomic E-state index is 0.0262. The molecule has 24 heavy (non-hydrogen) atoms. The number of rotatable bonds is 4. The van der Waals surface area contributed by atoms with Crippen molar-refractivity contribution in [3.63, 3.8) is 0 Å². The Morgan fingerprint density at radius 3 is 2.50 bits per heavy atom. The summed E-state index contributed by atoms with van der Waals surface area (Å²) in [5, 5.41) is 0.483. The van der Waals surface area contributed by atoms with E-state index in [1.165, 1.54) is 18.2 Å². The number of para-hydroxylation sites is 1. The van der Waals surface area contributed by atoms with Crippen LogP contribution in [0.2, 0.25) is 0 Å². The molecule has 0 aliphatic carbocycles. The Labute approximate surface area is 146 Å². The average Bonchev–Trinajstić information content (AvgIpc) is 2.55. The second kappa shape index (κ2) is 6.41. The molecule has 124 valence electrons. The maximum Gasteiger partial charge on any atom is 0.355 e. The van der Waals surface area contributed by atoms with Crippen LogP contribution in [0.1, 0.15) is 6.92 Å². The standard InChI is InChI=1S/C17H13BrO5S/c1-2-22-14-5-3-4-11-10-15(17(19)23-16(11)14)24(20,21)13-8-6-12(18)7-9-13/h3-10H,2H2,1H3. The fourth-order valence-electron chi connectivity index (χ4n) is 2.30. The molecule has 0 saturated carbocycles. The van der Waals surface area contributed by atoms with Gasteiger partial charge in [-0.1, -0.05) is 28.1 Å². The molecule has 0 unspecified atom stereocenters. The topological polar surface area (TPSA) is 73.6 Å². The van der Waals surface area contributed by atoms with Crippen molar-refractivity contribution >= 4 is 36.7 Å². The maximum absolute atomic E-state index is 12.7. The van der Waals surface area contributed by atoms with E-state index in [-0.39, 0.29) is 10.5 Å². The van der Waals surface area contributed by atoms with Crippen molar-refractivity contribution < 1.29 is 17.6 Å². The highest BCUT2D eigenvalue weighted by Crippen LogP contribution is 2.28. The first-order chi connectivity index (χ1) is 11.4. The summed E-state index contributed by atoms with van der Waals surface area (Å²) in [6, 6.07) is 12.4. The molecule has 0 atom stereocenters. The van der Waals surface area contributed by atoms with Crippen molar-refractivity contribution in [2.75, 3.05) is 6.61 Å². The second-order valence-corrected chi connectivity index (χ2v) is 7.80. The van der Waals surface area contributed by atoms with E-state index in [1.54, 1.807) is 30.3 Å². The number of sulfone groups is 1. The summed E-state index contributed by atoms with van der Waals surface area (Å²) in [5.74, 6) is 0.402. The predicted molar refractivity (Wildman–Crippen MR) is 93.2 cm³/mol. The van der Waals surface area contributed by atoms with Crippen LogP contribution in [-0.2, 0) is 9.84 Å². The van der Waals surface area contributed by atoms with E-state index in [0.29, 0.717) is 17.7 Å². The van der Waals surface area contributed by atoms with Crippen LogP contribution in [0.4, 0.5) is 0 Å². The van der Waals surface area contributed by atoms with Crippen LogP contribution >= 0.6 is 15.9 Å². The van der Waals surface area contributed by atoms with E-state index < -0.39 is 20.4 Å². The highest BCUT2D eigenvalue weighted by molar-refractivity contribution is 9.10. The molecule has 0 fully saturated rings. The molecule has 2 aromatic carbocycles. The highest BCUT2D eigenvalue weighted by Gasteiger charge is 2.24. The van der Waals surface area contributed by atoms with Gasteiger partial charge in [0.1, 0.15) is 0 Å². The predicted octanol–water partition coefficient (Wildman–Crippen LogP) is 3.79. The van der Waals surface area contributed by atoms with Crippen LogP contribution in [0.5, 0.6) is 5.75 Å². The third kappa shape index (κ3) is 2.97. The molecule has 0 aliphatic rings. The van der Waals surface area contributed by atoms with E-state index in [1.807, 2.05) is 6.92 Å². The number of benzene rings is 2.